The Balaban J connectivity index is 2.25. The Bertz CT molecular complexity index is 209. The van der Waals surface area contributed by atoms with E-state index in [4.69, 9.17) is 0 Å². The van der Waals surface area contributed by atoms with E-state index in [2.05, 4.69) is 20.8 Å². The molecule has 0 aliphatic heterocycles. The third kappa shape index (κ3) is 1.60. The van der Waals surface area contributed by atoms with Crippen molar-refractivity contribution in [1.29, 1.82) is 0 Å². The van der Waals surface area contributed by atoms with Crippen LogP contribution in [0.2, 0.25) is 0 Å². The third-order valence-corrected chi connectivity index (χ3v) is 4.79. The van der Waals surface area contributed by atoms with Gasteiger partial charge in [0.05, 0.1) is 6.10 Å². The number of fused-ring (bicyclic) bond motifs is 1. The summed E-state index contributed by atoms with van der Waals surface area (Å²) in [6.45, 7) is 7.10. The molecule has 1 heteroatoms. The van der Waals surface area contributed by atoms with E-state index in [9.17, 15) is 5.11 Å². The van der Waals surface area contributed by atoms with Crippen molar-refractivity contribution in [3.8, 4) is 0 Å². The fourth-order valence-corrected chi connectivity index (χ4v) is 4.01. The van der Waals surface area contributed by atoms with E-state index in [0.717, 1.165) is 18.3 Å². The molecule has 0 unspecified atom stereocenters. The molecule has 0 aromatic carbocycles. The average molecular weight is 196 g/mol. The van der Waals surface area contributed by atoms with Gasteiger partial charge in [0, 0.05) is 0 Å². The minimum absolute atomic E-state index is 0.0180. The van der Waals surface area contributed by atoms with Crippen molar-refractivity contribution in [2.75, 3.05) is 0 Å². The molecule has 1 nitrogen and oxygen atoms in total. The predicted octanol–water partition coefficient (Wildman–Crippen LogP) is 3.22. The van der Waals surface area contributed by atoms with Crippen LogP contribution in [0.5, 0.6) is 0 Å². The largest absolute Gasteiger partial charge is 0.393 e. The van der Waals surface area contributed by atoms with Crippen LogP contribution < -0.4 is 0 Å². The summed E-state index contributed by atoms with van der Waals surface area (Å²) in [4.78, 5) is 0. The Morgan fingerprint density at radius 3 is 2.57 bits per heavy atom. The van der Waals surface area contributed by atoms with Crippen LogP contribution in [0.1, 0.15) is 52.9 Å². The van der Waals surface area contributed by atoms with Crippen molar-refractivity contribution in [2.24, 2.45) is 23.2 Å². The number of aliphatic hydroxyl groups is 1. The molecule has 2 aliphatic rings. The summed E-state index contributed by atoms with van der Waals surface area (Å²) < 4.78 is 0. The molecule has 0 spiro atoms. The summed E-state index contributed by atoms with van der Waals surface area (Å²) in [5, 5.41) is 10.1. The second kappa shape index (κ2) is 3.52. The highest BCUT2D eigenvalue weighted by atomic mass is 16.3. The van der Waals surface area contributed by atoms with E-state index in [0.29, 0.717) is 11.3 Å². The van der Waals surface area contributed by atoms with Crippen LogP contribution in [0.25, 0.3) is 0 Å². The average Bonchev–Trinajstić information content (AvgIpc) is 2.42. The summed E-state index contributed by atoms with van der Waals surface area (Å²) in [5.74, 6) is 2.20. The Kier molecular flexibility index (Phi) is 2.63. The third-order valence-electron chi connectivity index (χ3n) is 4.79. The molecule has 0 aromatic rings. The lowest BCUT2D eigenvalue weighted by molar-refractivity contribution is 0.0293. The van der Waals surface area contributed by atoms with Crippen molar-refractivity contribution in [3.63, 3.8) is 0 Å². The van der Waals surface area contributed by atoms with Crippen molar-refractivity contribution >= 4 is 0 Å². The fraction of sp³-hybridized carbons (Fsp3) is 1.00. The molecule has 4 atom stereocenters. The molecule has 14 heavy (non-hydrogen) atoms. The van der Waals surface area contributed by atoms with Crippen molar-refractivity contribution in [1.82, 2.24) is 0 Å². The van der Waals surface area contributed by atoms with Crippen molar-refractivity contribution < 1.29 is 5.11 Å². The van der Waals surface area contributed by atoms with Gasteiger partial charge in [-0.25, -0.2) is 0 Å². The summed E-state index contributed by atoms with van der Waals surface area (Å²) >= 11 is 0. The van der Waals surface area contributed by atoms with Gasteiger partial charge in [-0.15, -0.1) is 0 Å². The molecule has 0 saturated heterocycles. The summed E-state index contributed by atoms with van der Waals surface area (Å²) in [7, 11) is 0. The van der Waals surface area contributed by atoms with Gasteiger partial charge >= 0.3 is 0 Å². The lowest BCUT2D eigenvalue weighted by atomic mass is 9.70. The van der Waals surface area contributed by atoms with E-state index in [-0.39, 0.29) is 6.10 Å². The maximum Gasteiger partial charge on any atom is 0.0576 e. The molecule has 2 saturated carbocycles. The van der Waals surface area contributed by atoms with Gasteiger partial charge in [-0.05, 0) is 42.4 Å². The highest BCUT2D eigenvalue weighted by Crippen LogP contribution is 2.52. The Morgan fingerprint density at radius 1 is 1.14 bits per heavy atom. The van der Waals surface area contributed by atoms with Crippen molar-refractivity contribution in [3.05, 3.63) is 0 Å². The van der Waals surface area contributed by atoms with E-state index < -0.39 is 0 Å². The lowest BCUT2D eigenvalue weighted by Gasteiger charge is -2.37. The topological polar surface area (TPSA) is 20.2 Å². The van der Waals surface area contributed by atoms with Crippen LogP contribution in [0.4, 0.5) is 0 Å². The van der Waals surface area contributed by atoms with E-state index in [1.165, 1.54) is 25.7 Å². The molecule has 2 rings (SSSR count). The predicted molar refractivity (Wildman–Crippen MR) is 59.0 cm³/mol. The van der Waals surface area contributed by atoms with E-state index >= 15 is 0 Å². The smallest absolute Gasteiger partial charge is 0.0576 e. The molecule has 0 bridgehead atoms. The van der Waals surface area contributed by atoms with Crippen LogP contribution in [0.15, 0.2) is 0 Å². The van der Waals surface area contributed by atoms with E-state index in [1.54, 1.807) is 0 Å². The minimum Gasteiger partial charge on any atom is -0.393 e. The van der Waals surface area contributed by atoms with Gasteiger partial charge in [0.25, 0.3) is 0 Å². The Hall–Kier alpha value is -0.0400. The molecule has 82 valence electrons. The highest BCUT2D eigenvalue weighted by molar-refractivity contribution is 4.97. The molecule has 0 amide bonds. The van der Waals surface area contributed by atoms with Gasteiger partial charge < -0.3 is 5.11 Å². The molecular formula is C13H24O. The van der Waals surface area contributed by atoms with Gasteiger partial charge in [0.1, 0.15) is 0 Å². The van der Waals surface area contributed by atoms with Crippen LogP contribution in [-0.4, -0.2) is 11.2 Å². The fourth-order valence-electron chi connectivity index (χ4n) is 4.01. The maximum atomic E-state index is 10.1. The summed E-state index contributed by atoms with van der Waals surface area (Å²) in [6.07, 6.45) is 6.32. The molecule has 1 N–H and O–H groups in total. The first-order valence-corrected chi connectivity index (χ1v) is 6.20. The Labute approximate surface area is 87.9 Å². The van der Waals surface area contributed by atoms with Gasteiger partial charge in [-0.2, -0.15) is 0 Å². The van der Waals surface area contributed by atoms with Crippen LogP contribution in [-0.2, 0) is 0 Å². The quantitative estimate of drug-likeness (QED) is 0.630. The molecule has 0 aromatic heterocycles. The summed E-state index contributed by atoms with van der Waals surface area (Å²) in [5.41, 5.74) is 0.366. The second-order valence-electron chi connectivity index (χ2n) is 6.19. The first kappa shape index (κ1) is 10.5. The van der Waals surface area contributed by atoms with Crippen LogP contribution in [0.3, 0.4) is 0 Å². The SMILES string of the molecule is C[C@@H]1CCCC(C)(C)[C@@H]2[C@H]1CC[C@@H]2O. The van der Waals surface area contributed by atoms with Gasteiger partial charge in [-0.3, -0.25) is 0 Å². The number of hydrogen-bond donors (Lipinski definition) is 1. The van der Waals surface area contributed by atoms with Crippen LogP contribution >= 0.6 is 0 Å². The first-order chi connectivity index (χ1) is 6.52. The standard InChI is InChI=1S/C13H24O/c1-9-5-4-8-13(2,3)12-10(9)6-7-11(12)14/h9-12,14H,4-8H2,1-3H3/t9-,10+,11+,12-/m1/s1. The minimum atomic E-state index is -0.0180. The Morgan fingerprint density at radius 2 is 1.86 bits per heavy atom. The van der Waals surface area contributed by atoms with E-state index in [1.807, 2.05) is 0 Å². The molecule has 2 fully saturated rings. The zero-order chi connectivity index (χ0) is 10.3. The molecule has 2 aliphatic carbocycles. The normalized spacial score (nSPS) is 47.1. The van der Waals surface area contributed by atoms with Crippen LogP contribution in [0, 0.1) is 23.2 Å². The maximum absolute atomic E-state index is 10.1. The highest BCUT2D eigenvalue weighted by Gasteiger charge is 2.47. The monoisotopic (exact) mass is 196 g/mol. The van der Waals surface area contributed by atoms with Gasteiger partial charge in [0.15, 0.2) is 0 Å². The molecule has 0 radical (unpaired) electrons. The lowest BCUT2D eigenvalue weighted by Crippen LogP contribution is -2.34. The van der Waals surface area contributed by atoms with Gasteiger partial charge in [0.2, 0.25) is 0 Å². The number of aliphatic hydroxyl groups excluding tert-OH is 1. The zero-order valence-corrected chi connectivity index (χ0v) is 9.79. The second-order valence-corrected chi connectivity index (χ2v) is 6.19. The zero-order valence-electron chi connectivity index (χ0n) is 9.79. The molecular weight excluding hydrogens is 172 g/mol. The number of hydrogen-bond acceptors (Lipinski definition) is 1. The van der Waals surface area contributed by atoms with Crippen molar-refractivity contribution in [2.45, 2.75) is 59.0 Å². The number of rotatable bonds is 0. The molecule has 0 heterocycles. The van der Waals surface area contributed by atoms with Gasteiger partial charge in [-0.1, -0.05) is 33.6 Å². The first-order valence-electron chi connectivity index (χ1n) is 6.20. The summed E-state index contributed by atoms with van der Waals surface area (Å²) in [6, 6.07) is 0.